The molecule has 82 valence electrons. The fourth-order valence-corrected chi connectivity index (χ4v) is 4.53. The highest BCUT2D eigenvalue weighted by atomic mass is 32.2. The van der Waals surface area contributed by atoms with Gasteiger partial charge in [-0.15, -0.1) is 0 Å². The van der Waals surface area contributed by atoms with Gasteiger partial charge in [-0.05, 0) is 42.2 Å². The molecular weight excluding hydrogens is 190 g/mol. The van der Waals surface area contributed by atoms with Crippen LogP contribution in [0.15, 0.2) is 0 Å². The Balaban J connectivity index is 1.91. The monoisotopic (exact) mass is 213 g/mol. The van der Waals surface area contributed by atoms with E-state index in [2.05, 4.69) is 11.8 Å². The van der Waals surface area contributed by atoms with E-state index in [1.807, 2.05) is 0 Å². The normalized spacial score (nSPS) is 35.8. The van der Waals surface area contributed by atoms with Crippen molar-refractivity contribution in [2.24, 2.45) is 23.5 Å². The van der Waals surface area contributed by atoms with Gasteiger partial charge < -0.3 is 5.73 Å². The Bertz CT molecular complexity index is 166. The molecule has 0 spiro atoms. The maximum atomic E-state index is 5.89. The van der Waals surface area contributed by atoms with Crippen molar-refractivity contribution < 1.29 is 0 Å². The lowest BCUT2D eigenvalue weighted by molar-refractivity contribution is 0.184. The van der Waals surface area contributed by atoms with E-state index >= 15 is 0 Å². The van der Waals surface area contributed by atoms with Crippen molar-refractivity contribution in [3.63, 3.8) is 0 Å². The first kappa shape index (κ1) is 10.8. The fourth-order valence-electron chi connectivity index (χ4n) is 3.24. The highest BCUT2D eigenvalue weighted by molar-refractivity contribution is 7.99. The summed E-state index contributed by atoms with van der Waals surface area (Å²) in [5.41, 5.74) is 5.89. The van der Waals surface area contributed by atoms with Gasteiger partial charge in [0.1, 0.15) is 0 Å². The van der Waals surface area contributed by atoms with Crippen LogP contribution in [0.25, 0.3) is 0 Å². The van der Waals surface area contributed by atoms with Gasteiger partial charge >= 0.3 is 0 Å². The number of rotatable bonds is 2. The minimum atomic E-state index is 0.830. The van der Waals surface area contributed by atoms with E-state index in [4.69, 9.17) is 5.73 Å². The number of nitrogens with two attached hydrogens (primary N) is 1. The highest BCUT2D eigenvalue weighted by Crippen LogP contribution is 2.40. The molecule has 2 atom stereocenters. The summed E-state index contributed by atoms with van der Waals surface area (Å²) in [6.07, 6.45) is 8.86. The molecule has 1 heterocycles. The van der Waals surface area contributed by atoms with E-state index in [9.17, 15) is 0 Å². The minimum Gasteiger partial charge on any atom is -0.330 e. The molecule has 2 fully saturated rings. The third kappa shape index (κ3) is 2.46. The standard InChI is InChI=1S/C12H23NS/c13-8-11-9-14-7-6-12(11)10-4-2-1-3-5-10/h10-12H,1-9,13H2. The average molecular weight is 213 g/mol. The Morgan fingerprint density at radius 3 is 2.57 bits per heavy atom. The van der Waals surface area contributed by atoms with Gasteiger partial charge in [-0.1, -0.05) is 32.1 Å². The van der Waals surface area contributed by atoms with Crippen LogP contribution in [0.3, 0.4) is 0 Å². The largest absolute Gasteiger partial charge is 0.330 e. The molecule has 1 aliphatic heterocycles. The molecule has 0 amide bonds. The van der Waals surface area contributed by atoms with Crippen LogP contribution >= 0.6 is 11.8 Å². The van der Waals surface area contributed by atoms with E-state index in [1.54, 1.807) is 0 Å². The molecule has 0 aromatic heterocycles. The highest BCUT2D eigenvalue weighted by Gasteiger charge is 2.31. The zero-order valence-electron chi connectivity index (χ0n) is 9.08. The third-order valence-corrected chi connectivity index (χ3v) is 5.28. The predicted octanol–water partition coefficient (Wildman–Crippen LogP) is 2.89. The predicted molar refractivity (Wildman–Crippen MR) is 64.6 cm³/mol. The van der Waals surface area contributed by atoms with Crippen LogP contribution in [-0.4, -0.2) is 18.1 Å². The Labute approximate surface area is 92.2 Å². The van der Waals surface area contributed by atoms with Crippen molar-refractivity contribution in [2.45, 2.75) is 38.5 Å². The first-order valence-electron chi connectivity index (χ1n) is 6.19. The van der Waals surface area contributed by atoms with Crippen LogP contribution in [0.5, 0.6) is 0 Å². The maximum Gasteiger partial charge on any atom is -0.00243 e. The zero-order valence-corrected chi connectivity index (χ0v) is 9.90. The topological polar surface area (TPSA) is 26.0 Å². The molecule has 1 nitrogen and oxygen atoms in total. The molecule has 2 heteroatoms. The summed E-state index contributed by atoms with van der Waals surface area (Å²) in [6, 6.07) is 0. The lowest BCUT2D eigenvalue weighted by atomic mass is 9.73. The van der Waals surface area contributed by atoms with Gasteiger partial charge in [-0.2, -0.15) is 11.8 Å². The van der Waals surface area contributed by atoms with E-state index in [-0.39, 0.29) is 0 Å². The molecule has 0 bridgehead atoms. The fraction of sp³-hybridized carbons (Fsp3) is 1.00. The van der Waals surface area contributed by atoms with Crippen molar-refractivity contribution in [1.29, 1.82) is 0 Å². The first-order chi connectivity index (χ1) is 6.92. The summed E-state index contributed by atoms with van der Waals surface area (Å²) < 4.78 is 0. The number of hydrogen-bond donors (Lipinski definition) is 1. The minimum absolute atomic E-state index is 0.830. The zero-order chi connectivity index (χ0) is 9.80. The van der Waals surface area contributed by atoms with Crippen LogP contribution in [0.1, 0.15) is 38.5 Å². The molecule has 1 saturated carbocycles. The Hall–Kier alpha value is 0.310. The Morgan fingerprint density at radius 1 is 1.07 bits per heavy atom. The Kier molecular flexibility index (Phi) is 4.18. The van der Waals surface area contributed by atoms with E-state index in [0.717, 1.165) is 24.3 Å². The Morgan fingerprint density at radius 2 is 1.86 bits per heavy atom. The second-order valence-corrected chi connectivity index (χ2v) is 6.07. The molecule has 0 aromatic rings. The van der Waals surface area contributed by atoms with Gasteiger partial charge in [0.15, 0.2) is 0 Å². The van der Waals surface area contributed by atoms with E-state index < -0.39 is 0 Å². The molecule has 14 heavy (non-hydrogen) atoms. The number of hydrogen-bond acceptors (Lipinski definition) is 2. The summed E-state index contributed by atoms with van der Waals surface area (Å²) in [6.45, 7) is 0.925. The second kappa shape index (κ2) is 5.41. The van der Waals surface area contributed by atoms with Crippen LogP contribution < -0.4 is 5.73 Å². The molecule has 2 aliphatic rings. The molecule has 1 saturated heterocycles. The van der Waals surface area contributed by atoms with Crippen LogP contribution in [0.2, 0.25) is 0 Å². The molecule has 2 rings (SSSR count). The van der Waals surface area contributed by atoms with Crippen molar-refractivity contribution in [2.75, 3.05) is 18.1 Å². The van der Waals surface area contributed by atoms with Gasteiger partial charge in [0, 0.05) is 0 Å². The summed E-state index contributed by atoms with van der Waals surface area (Å²) in [5, 5.41) is 0. The molecule has 1 aliphatic carbocycles. The third-order valence-electron chi connectivity index (χ3n) is 4.09. The lowest BCUT2D eigenvalue weighted by Crippen LogP contribution is -2.35. The van der Waals surface area contributed by atoms with E-state index in [0.29, 0.717) is 0 Å². The molecular formula is C12H23NS. The van der Waals surface area contributed by atoms with Crippen molar-refractivity contribution in [1.82, 2.24) is 0 Å². The number of thioether (sulfide) groups is 1. The van der Waals surface area contributed by atoms with Crippen molar-refractivity contribution in [3.05, 3.63) is 0 Å². The smallest absolute Gasteiger partial charge is 0.00243 e. The summed E-state index contributed by atoms with van der Waals surface area (Å²) in [5.74, 6) is 5.55. The van der Waals surface area contributed by atoms with Crippen molar-refractivity contribution >= 4 is 11.8 Å². The summed E-state index contributed by atoms with van der Waals surface area (Å²) in [4.78, 5) is 0. The van der Waals surface area contributed by atoms with E-state index in [1.165, 1.54) is 50.0 Å². The maximum absolute atomic E-state index is 5.89. The van der Waals surface area contributed by atoms with Gasteiger partial charge in [0.2, 0.25) is 0 Å². The molecule has 2 N–H and O–H groups in total. The first-order valence-corrected chi connectivity index (χ1v) is 7.35. The van der Waals surface area contributed by atoms with Crippen LogP contribution in [0.4, 0.5) is 0 Å². The van der Waals surface area contributed by atoms with Gasteiger partial charge in [-0.3, -0.25) is 0 Å². The van der Waals surface area contributed by atoms with Gasteiger partial charge in [0.05, 0.1) is 0 Å². The molecule has 0 aromatic carbocycles. The quantitative estimate of drug-likeness (QED) is 0.763. The summed E-state index contributed by atoms with van der Waals surface area (Å²) >= 11 is 2.12. The molecule has 2 unspecified atom stereocenters. The van der Waals surface area contributed by atoms with Crippen molar-refractivity contribution in [3.8, 4) is 0 Å². The second-order valence-electron chi connectivity index (χ2n) is 4.92. The molecule has 0 radical (unpaired) electrons. The van der Waals surface area contributed by atoms with Crippen LogP contribution in [0, 0.1) is 17.8 Å². The van der Waals surface area contributed by atoms with Crippen LogP contribution in [-0.2, 0) is 0 Å². The average Bonchev–Trinajstić information content (AvgIpc) is 2.30. The summed E-state index contributed by atoms with van der Waals surface area (Å²) in [7, 11) is 0. The SMILES string of the molecule is NCC1CSCCC1C1CCCCC1. The lowest BCUT2D eigenvalue weighted by Gasteiger charge is -2.38. The van der Waals surface area contributed by atoms with Gasteiger partial charge in [-0.25, -0.2) is 0 Å². The van der Waals surface area contributed by atoms with Gasteiger partial charge in [0.25, 0.3) is 0 Å².